The van der Waals surface area contributed by atoms with Gasteiger partial charge in [-0.05, 0) is 22.5 Å². The Labute approximate surface area is 122 Å². The minimum atomic E-state index is 0.0166. The van der Waals surface area contributed by atoms with Gasteiger partial charge in [-0.25, -0.2) is 0 Å². The first-order chi connectivity index (χ1) is 9.28. The lowest BCUT2D eigenvalue weighted by molar-refractivity contribution is -0.129. The Hall–Kier alpha value is -1.35. The Morgan fingerprint density at radius 2 is 1.85 bits per heavy atom. The standard InChI is InChI=1S/C17H26N2O/c1-12(2)13-6-8-14(9-7-13)16-18-10-15(20)19(16)11-17(3,4)5/h6-9,12,16,18H,10-11H2,1-5H3. The number of nitrogens with zero attached hydrogens (tertiary/aromatic N) is 1. The average Bonchev–Trinajstić information content (AvgIpc) is 2.69. The van der Waals surface area contributed by atoms with E-state index in [2.05, 4.69) is 64.2 Å². The van der Waals surface area contributed by atoms with E-state index in [4.69, 9.17) is 0 Å². The number of amides is 1. The molecule has 1 heterocycles. The number of nitrogens with one attached hydrogen (secondary N) is 1. The second-order valence-corrected chi connectivity index (χ2v) is 7.19. The van der Waals surface area contributed by atoms with Crippen LogP contribution in [-0.2, 0) is 4.79 Å². The molecule has 0 aliphatic carbocycles. The van der Waals surface area contributed by atoms with Crippen molar-refractivity contribution in [3.05, 3.63) is 35.4 Å². The zero-order chi connectivity index (χ0) is 14.9. The molecule has 0 saturated carbocycles. The average molecular weight is 274 g/mol. The van der Waals surface area contributed by atoms with Crippen LogP contribution >= 0.6 is 0 Å². The summed E-state index contributed by atoms with van der Waals surface area (Å²) in [5.74, 6) is 0.728. The van der Waals surface area contributed by atoms with Gasteiger partial charge in [0.15, 0.2) is 0 Å². The van der Waals surface area contributed by atoms with Crippen LogP contribution in [-0.4, -0.2) is 23.9 Å². The lowest BCUT2D eigenvalue weighted by Gasteiger charge is -2.31. The van der Waals surface area contributed by atoms with Crippen LogP contribution in [0, 0.1) is 5.41 Å². The minimum Gasteiger partial charge on any atom is -0.321 e. The molecule has 1 amide bonds. The highest BCUT2D eigenvalue weighted by Crippen LogP contribution is 2.28. The molecule has 3 nitrogen and oxygen atoms in total. The summed E-state index contributed by atoms with van der Waals surface area (Å²) in [5, 5.41) is 3.32. The monoisotopic (exact) mass is 274 g/mol. The first kappa shape index (κ1) is 15.0. The molecule has 0 radical (unpaired) electrons. The van der Waals surface area contributed by atoms with E-state index >= 15 is 0 Å². The third kappa shape index (κ3) is 3.40. The van der Waals surface area contributed by atoms with E-state index < -0.39 is 0 Å². The van der Waals surface area contributed by atoms with E-state index in [-0.39, 0.29) is 17.5 Å². The molecule has 20 heavy (non-hydrogen) atoms. The minimum absolute atomic E-state index is 0.0166. The first-order valence-electron chi connectivity index (χ1n) is 7.40. The number of hydrogen-bond acceptors (Lipinski definition) is 2. The third-order valence-electron chi connectivity index (χ3n) is 3.64. The van der Waals surface area contributed by atoms with Gasteiger partial charge in [-0.1, -0.05) is 58.9 Å². The van der Waals surface area contributed by atoms with Crippen molar-refractivity contribution in [2.45, 2.75) is 46.7 Å². The molecule has 2 rings (SSSR count). The predicted molar refractivity (Wildman–Crippen MR) is 82.4 cm³/mol. The summed E-state index contributed by atoms with van der Waals surface area (Å²) >= 11 is 0. The lowest BCUT2D eigenvalue weighted by atomic mass is 9.95. The van der Waals surface area contributed by atoms with Crippen molar-refractivity contribution in [2.24, 2.45) is 5.41 Å². The molecule has 110 valence electrons. The molecule has 1 aromatic rings. The maximum absolute atomic E-state index is 12.1. The Morgan fingerprint density at radius 1 is 1.25 bits per heavy atom. The fraction of sp³-hybridized carbons (Fsp3) is 0.588. The second kappa shape index (κ2) is 5.57. The van der Waals surface area contributed by atoms with E-state index in [1.54, 1.807) is 0 Å². The van der Waals surface area contributed by atoms with Crippen LogP contribution in [0.25, 0.3) is 0 Å². The van der Waals surface area contributed by atoms with E-state index in [0.29, 0.717) is 12.5 Å². The van der Waals surface area contributed by atoms with E-state index in [1.165, 1.54) is 11.1 Å². The van der Waals surface area contributed by atoms with Crippen molar-refractivity contribution in [3.63, 3.8) is 0 Å². The van der Waals surface area contributed by atoms with Crippen molar-refractivity contribution < 1.29 is 4.79 Å². The third-order valence-corrected chi connectivity index (χ3v) is 3.64. The molecule has 1 saturated heterocycles. The topological polar surface area (TPSA) is 32.3 Å². The van der Waals surface area contributed by atoms with Crippen molar-refractivity contribution in [1.29, 1.82) is 0 Å². The Bertz CT molecular complexity index is 471. The lowest BCUT2D eigenvalue weighted by Crippen LogP contribution is -2.37. The summed E-state index contributed by atoms with van der Waals surface area (Å²) in [6.07, 6.45) is 0.0166. The van der Waals surface area contributed by atoms with E-state index in [9.17, 15) is 4.79 Å². The zero-order valence-corrected chi connectivity index (χ0v) is 13.2. The summed E-state index contributed by atoms with van der Waals surface area (Å²) < 4.78 is 0. The van der Waals surface area contributed by atoms with Gasteiger partial charge in [0.1, 0.15) is 6.17 Å². The molecular formula is C17H26N2O. The van der Waals surface area contributed by atoms with Gasteiger partial charge < -0.3 is 4.90 Å². The zero-order valence-electron chi connectivity index (χ0n) is 13.2. The van der Waals surface area contributed by atoms with Gasteiger partial charge in [-0.2, -0.15) is 0 Å². The Kier molecular flexibility index (Phi) is 4.19. The molecule has 1 N–H and O–H groups in total. The molecule has 3 heteroatoms. The SMILES string of the molecule is CC(C)c1ccc(C2NCC(=O)N2CC(C)(C)C)cc1. The van der Waals surface area contributed by atoms with Crippen LogP contribution in [0.3, 0.4) is 0 Å². The van der Waals surface area contributed by atoms with Crippen LogP contribution < -0.4 is 5.32 Å². The highest BCUT2D eigenvalue weighted by atomic mass is 16.2. The van der Waals surface area contributed by atoms with Gasteiger partial charge in [-0.15, -0.1) is 0 Å². The van der Waals surface area contributed by atoms with Gasteiger partial charge >= 0.3 is 0 Å². The van der Waals surface area contributed by atoms with E-state index in [0.717, 1.165) is 6.54 Å². The largest absolute Gasteiger partial charge is 0.321 e. The summed E-state index contributed by atoms with van der Waals surface area (Å²) in [5.41, 5.74) is 2.61. The molecule has 0 spiro atoms. The number of benzene rings is 1. The van der Waals surface area contributed by atoms with Gasteiger partial charge in [0.2, 0.25) is 5.91 Å². The Morgan fingerprint density at radius 3 is 2.35 bits per heavy atom. The molecule has 1 aromatic carbocycles. The van der Waals surface area contributed by atoms with Gasteiger partial charge in [-0.3, -0.25) is 10.1 Å². The van der Waals surface area contributed by atoms with E-state index in [1.807, 2.05) is 4.90 Å². The number of carbonyl (C=O) groups excluding carboxylic acids is 1. The maximum atomic E-state index is 12.1. The molecule has 1 aliphatic rings. The number of hydrogen-bond donors (Lipinski definition) is 1. The second-order valence-electron chi connectivity index (χ2n) is 7.19. The van der Waals surface area contributed by atoms with Crippen molar-refractivity contribution >= 4 is 5.91 Å². The quantitative estimate of drug-likeness (QED) is 0.917. The van der Waals surface area contributed by atoms with Gasteiger partial charge in [0.25, 0.3) is 0 Å². The van der Waals surface area contributed by atoms with Gasteiger partial charge in [0.05, 0.1) is 6.54 Å². The Balaban J connectivity index is 2.19. The van der Waals surface area contributed by atoms with Crippen molar-refractivity contribution in [1.82, 2.24) is 10.2 Å². The summed E-state index contributed by atoms with van der Waals surface area (Å²) in [7, 11) is 0. The molecule has 0 bridgehead atoms. The van der Waals surface area contributed by atoms with Crippen LogP contribution in [0.2, 0.25) is 0 Å². The van der Waals surface area contributed by atoms with Crippen molar-refractivity contribution in [3.8, 4) is 0 Å². The van der Waals surface area contributed by atoms with Crippen LogP contribution in [0.15, 0.2) is 24.3 Å². The first-order valence-corrected chi connectivity index (χ1v) is 7.40. The normalized spacial score (nSPS) is 20.0. The van der Waals surface area contributed by atoms with Crippen LogP contribution in [0.5, 0.6) is 0 Å². The summed E-state index contributed by atoms with van der Waals surface area (Å²) in [4.78, 5) is 14.0. The molecule has 1 atom stereocenters. The summed E-state index contributed by atoms with van der Waals surface area (Å²) in [6, 6.07) is 8.61. The summed E-state index contributed by atoms with van der Waals surface area (Å²) in [6.45, 7) is 12.1. The fourth-order valence-electron chi connectivity index (χ4n) is 2.59. The van der Waals surface area contributed by atoms with Crippen molar-refractivity contribution in [2.75, 3.05) is 13.1 Å². The van der Waals surface area contributed by atoms with Crippen LogP contribution in [0.1, 0.15) is 57.8 Å². The van der Waals surface area contributed by atoms with Crippen LogP contribution in [0.4, 0.5) is 0 Å². The number of rotatable bonds is 3. The smallest absolute Gasteiger partial charge is 0.238 e. The molecule has 0 aromatic heterocycles. The fourth-order valence-corrected chi connectivity index (χ4v) is 2.59. The number of carbonyl (C=O) groups is 1. The molecule has 1 aliphatic heterocycles. The molecule has 1 fully saturated rings. The highest BCUT2D eigenvalue weighted by Gasteiger charge is 2.33. The predicted octanol–water partition coefficient (Wildman–Crippen LogP) is 3.29. The molecule has 1 unspecified atom stereocenters. The maximum Gasteiger partial charge on any atom is 0.238 e. The van der Waals surface area contributed by atoms with Gasteiger partial charge in [0, 0.05) is 6.54 Å². The highest BCUT2D eigenvalue weighted by molar-refractivity contribution is 5.81. The molecular weight excluding hydrogens is 248 g/mol.